The van der Waals surface area contributed by atoms with Crippen molar-refractivity contribution in [3.8, 4) is 10.4 Å². The first-order valence-corrected chi connectivity index (χ1v) is 9.23. The highest BCUT2D eigenvalue weighted by molar-refractivity contribution is 7.15. The average Bonchev–Trinajstić information content (AvgIpc) is 3.28. The van der Waals surface area contributed by atoms with Crippen molar-refractivity contribution >= 4 is 17.2 Å². The molecule has 1 aromatic carbocycles. The third-order valence-electron chi connectivity index (χ3n) is 4.11. The molecule has 2 heterocycles. The molecule has 0 aliphatic carbocycles. The Hall–Kier alpha value is -2.44. The SMILES string of the molecule is CC(C)N(Cc1ccc(-c2ccccc2F)s1)C(=O)c1coc(CN)c1. The Bertz CT molecular complexity index is 901. The van der Waals surface area contributed by atoms with E-state index in [2.05, 4.69) is 0 Å². The van der Waals surface area contributed by atoms with Crippen molar-refractivity contribution < 1.29 is 13.6 Å². The van der Waals surface area contributed by atoms with E-state index in [1.807, 2.05) is 32.0 Å². The molecular weight excluding hydrogens is 351 g/mol. The molecule has 0 saturated heterocycles. The van der Waals surface area contributed by atoms with E-state index in [9.17, 15) is 9.18 Å². The predicted octanol–water partition coefficient (Wildman–Crippen LogP) is 4.66. The molecule has 0 aliphatic heterocycles. The summed E-state index contributed by atoms with van der Waals surface area (Å²) < 4.78 is 19.3. The van der Waals surface area contributed by atoms with Crippen molar-refractivity contribution in [1.29, 1.82) is 0 Å². The number of halogens is 1. The van der Waals surface area contributed by atoms with Gasteiger partial charge < -0.3 is 15.1 Å². The van der Waals surface area contributed by atoms with E-state index in [-0.39, 0.29) is 24.3 Å². The molecule has 0 radical (unpaired) electrons. The molecule has 0 bridgehead atoms. The number of nitrogens with zero attached hydrogens (tertiary/aromatic N) is 1. The Morgan fingerprint density at radius 2 is 2.04 bits per heavy atom. The zero-order valence-electron chi connectivity index (χ0n) is 14.7. The number of nitrogens with two attached hydrogens (primary N) is 1. The van der Waals surface area contributed by atoms with Crippen molar-refractivity contribution in [2.45, 2.75) is 33.0 Å². The lowest BCUT2D eigenvalue weighted by atomic mass is 10.2. The maximum atomic E-state index is 14.0. The van der Waals surface area contributed by atoms with Crippen LogP contribution in [0.3, 0.4) is 0 Å². The van der Waals surface area contributed by atoms with E-state index in [1.165, 1.54) is 23.7 Å². The number of carbonyl (C=O) groups excluding carboxylic acids is 1. The Morgan fingerprint density at radius 1 is 1.27 bits per heavy atom. The lowest BCUT2D eigenvalue weighted by Crippen LogP contribution is -2.35. The minimum Gasteiger partial charge on any atom is -0.467 e. The minimum absolute atomic E-state index is 0.0118. The van der Waals surface area contributed by atoms with Crippen LogP contribution in [-0.4, -0.2) is 16.8 Å². The molecule has 1 amide bonds. The smallest absolute Gasteiger partial charge is 0.257 e. The van der Waals surface area contributed by atoms with Gasteiger partial charge in [-0.2, -0.15) is 0 Å². The van der Waals surface area contributed by atoms with Crippen LogP contribution in [0.1, 0.15) is 34.8 Å². The number of thiophene rings is 1. The zero-order valence-corrected chi connectivity index (χ0v) is 15.6. The fraction of sp³-hybridized carbons (Fsp3) is 0.250. The van der Waals surface area contributed by atoms with Gasteiger partial charge in [0.2, 0.25) is 0 Å². The first-order chi connectivity index (χ1) is 12.5. The third kappa shape index (κ3) is 3.86. The van der Waals surface area contributed by atoms with E-state index in [0.717, 1.165) is 9.75 Å². The van der Waals surface area contributed by atoms with E-state index in [0.29, 0.717) is 23.4 Å². The first-order valence-electron chi connectivity index (χ1n) is 8.41. The summed E-state index contributed by atoms with van der Waals surface area (Å²) in [5, 5.41) is 0. The molecule has 0 unspecified atom stereocenters. The summed E-state index contributed by atoms with van der Waals surface area (Å²) in [5.41, 5.74) is 6.61. The third-order valence-corrected chi connectivity index (χ3v) is 5.22. The van der Waals surface area contributed by atoms with E-state index in [1.54, 1.807) is 23.1 Å². The average molecular weight is 372 g/mol. The molecule has 0 saturated carbocycles. The standard InChI is InChI=1S/C20H21FN2O2S/c1-13(2)23(20(24)14-9-15(10-22)25-12-14)11-16-7-8-19(26-16)17-5-3-4-6-18(17)21/h3-9,12-13H,10-11,22H2,1-2H3. The van der Waals surface area contributed by atoms with Crippen molar-refractivity contribution in [3.05, 3.63) is 70.7 Å². The van der Waals surface area contributed by atoms with Crippen LogP contribution in [0, 0.1) is 5.82 Å². The normalized spacial score (nSPS) is 11.1. The van der Waals surface area contributed by atoms with Crippen LogP contribution in [0.4, 0.5) is 4.39 Å². The van der Waals surface area contributed by atoms with Gasteiger partial charge in [-0.25, -0.2) is 4.39 Å². The van der Waals surface area contributed by atoms with Gasteiger partial charge in [0, 0.05) is 21.4 Å². The second kappa shape index (κ2) is 7.85. The van der Waals surface area contributed by atoms with Gasteiger partial charge >= 0.3 is 0 Å². The Morgan fingerprint density at radius 3 is 2.69 bits per heavy atom. The maximum Gasteiger partial charge on any atom is 0.257 e. The molecular formula is C20H21FN2O2S. The Labute approximate surface area is 156 Å². The fourth-order valence-corrected chi connectivity index (χ4v) is 3.72. The van der Waals surface area contributed by atoms with Gasteiger partial charge in [0.25, 0.3) is 5.91 Å². The van der Waals surface area contributed by atoms with Crippen LogP contribution < -0.4 is 5.73 Å². The quantitative estimate of drug-likeness (QED) is 0.685. The van der Waals surface area contributed by atoms with Gasteiger partial charge in [-0.3, -0.25) is 4.79 Å². The number of benzene rings is 1. The van der Waals surface area contributed by atoms with Crippen LogP contribution in [-0.2, 0) is 13.1 Å². The van der Waals surface area contributed by atoms with Crippen molar-refractivity contribution in [3.63, 3.8) is 0 Å². The number of hydrogen-bond acceptors (Lipinski definition) is 4. The minimum atomic E-state index is -0.245. The van der Waals surface area contributed by atoms with Crippen LogP contribution in [0.25, 0.3) is 10.4 Å². The molecule has 136 valence electrons. The summed E-state index contributed by atoms with van der Waals surface area (Å²) in [7, 11) is 0. The molecule has 3 rings (SSSR count). The van der Waals surface area contributed by atoms with Crippen molar-refractivity contribution in [2.24, 2.45) is 5.73 Å². The number of carbonyl (C=O) groups is 1. The molecule has 0 fully saturated rings. The van der Waals surface area contributed by atoms with Gasteiger partial charge in [0.1, 0.15) is 17.8 Å². The molecule has 0 spiro atoms. The summed E-state index contributed by atoms with van der Waals surface area (Å²) >= 11 is 1.49. The van der Waals surface area contributed by atoms with Gasteiger partial charge in [0.05, 0.1) is 18.7 Å². The van der Waals surface area contributed by atoms with Crippen molar-refractivity contribution in [1.82, 2.24) is 4.90 Å². The van der Waals surface area contributed by atoms with Crippen LogP contribution in [0.5, 0.6) is 0 Å². The van der Waals surface area contributed by atoms with Gasteiger partial charge in [0.15, 0.2) is 0 Å². The molecule has 4 nitrogen and oxygen atoms in total. The number of hydrogen-bond donors (Lipinski definition) is 1. The van der Waals surface area contributed by atoms with E-state index in [4.69, 9.17) is 10.2 Å². The Balaban J connectivity index is 1.81. The molecule has 2 aromatic heterocycles. The first kappa shape index (κ1) is 18.4. The predicted molar refractivity (Wildman–Crippen MR) is 101 cm³/mol. The molecule has 6 heteroatoms. The second-order valence-corrected chi connectivity index (χ2v) is 7.45. The molecule has 0 aliphatic rings. The highest BCUT2D eigenvalue weighted by Gasteiger charge is 2.22. The summed E-state index contributed by atoms with van der Waals surface area (Å²) in [6.07, 6.45) is 1.44. The fourth-order valence-electron chi connectivity index (χ4n) is 2.69. The van der Waals surface area contributed by atoms with E-state index < -0.39 is 0 Å². The highest BCUT2D eigenvalue weighted by Crippen LogP contribution is 2.31. The van der Waals surface area contributed by atoms with E-state index >= 15 is 0 Å². The monoisotopic (exact) mass is 372 g/mol. The summed E-state index contributed by atoms with van der Waals surface area (Å²) in [4.78, 5) is 16.4. The number of rotatable bonds is 6. The summed E-state index contributed by atoms with van der Waals surface area (Å²) in [5.74, 6) is 0.227. The van der Waals surface area contributed by atoms with Gasteiger partial charge in [-0.1, -0.05) is 18.2 Å². The largest absolute Gasteiger partial charge is 0.467 e. The van der Waals surface area contributed by atoms with Crippen LogP contribution in [0.2, 0.25) is 0 Å². The highest BCUT2D eigenvalue weighted by atomic mass is 32.1. The topological polar surface area (TPSA) is 59.5 Å². The summed E-state index contributed by atoms with van der Waals surface area (Å²) in [6, 6.07) is 12.2. The number of amides is 1. The lowest BCUT2D eigenvalue weighted by molar-refractivity contribution is 0.0691. The maximum absolute atomic E-state index is 14.0. The molecule has 3 aromatic rings. The lowest BCUT2D eigenvalue weighted by Gasteiger charge is -2.25. The van der Waals surface area contributed by atoms with Gasteiger partial charge in [-0.15, -0.1) is 11.3 Å². The van der Waals surface area contributed by atoms with Crippen molar-refractivity contribution in [2.75, 3.05) is 0 Å². The van der Waals surface area contributed by atoms with Crippen LogP contribution in [0.15, 0.2) is 53.1 Å². The zero-order chi connectivity index (χ0) is 18.7. The second-order valence-electron chi connectivity index (χ2n) is 6.28. The molecule has 0 atom stereocenters. The number of furan rings is 1. The molecule has 26 heavy (non-hydrogen) atoms. The summed E-state index contributed by atoms with van der Waals surface area (Å²) in [6.45, 7) is 4.64. The van der Waals surface area contributed by atoms with Crippen LogP contribution >= 0.6 is 11.3 Å². The molecule has 2 N–H and O–H groups in total. The van der Waals surface area contributed by atoms with Gasteiger partial charge in [-0.05, 0) is 38.1 Å². The Kier molecular flexibility index (Phi) is 5.54.